The number of hydrogen-bond donors (Lipinski definition) is 1. The van der Waals surface area contributed by atoms with E-state index in [-0.39, 0.29) is 11.8 Å². The van der Waals surface area contributed by atoms with Crippen LogP contribution in [0.3, 0.4) is 0 Å². The van der Waals surface area contributed by atoms with Gasteiger partial charge in [-0.15, -0.1) is 0 Å². The Balaban J connectivity index is 1.95. The van der Waals surface area contributed by atoms with Crippen LogP contribution in [0.5, 0.6) is 0 Å². The molecule has 0 saturated carbocycles. The van der Waals surface area contributed by atoms with Crippen molar-refractivity contribution in [2.24, 2.45) is 5.73 Å². The number of carbonyl (C=O) groups is 1. The molecule has 0 aliphatic rings. The van der Waals surface area contributed by atoms with Crippen LogP contribution in [0.15, 0.2) is 103 Å². The fraction of sp³-hybridized carbons (Fsp3) is 0.192. The minimum absolute atomic E-state index is 0.0423. The number of hydrogen-bond acceptors (Lipinski definition) is 3. The maximum Gasteiger partial charge on any atom is 0.174 e. The average Bonchev–Trinajstić information content (AvgIpc) is 2.73. The molecule has 0 heterocycles. The molecule has 0 amide bonds. The summed E-state index contributed by atoms with van der Waals surface area (Å²) in [6.45, 7) is 3.14. The first-order valence-electron chi connectivity index (χ1n) is 9.95. The molecule has 148 valence electrons. The Labute approximate surface area is 173 Å². The molecule has 0 aromatic heterocycles. The summed E-state index contributed by atoms with van der Waals surface area (Å²) >= 11 is 0. The largest absolute Gasteiger partial charge is 0.402 e. The normalized spacial score (nSPS) is 12.7. The van der Waals surface area contributed by atoms with Gasteiger partial charge in [-0.3, -0.25) is 9.69 Å². The Bertz CT molecular complexity index is 875. The van der Waals surface area contributed by atoms with E-state index in [4.69, 9.17) is 5.73 Å². The number of ketones is 1. The number of nitrogens with zero attached hydrogens (tertiary/aromatic N) is 1. The van der Waals surface area contributed by atoms with Gasteiger partial charge in [-0.1, -0.05) is 91.0 Å². The third kappa shape index (κ3) is 6.44. The lowest BCUT2D eigenvalue weighted by atomic mass is 9.98. The van der Waals surface area contributed by atoms with E-state index in [0.717, 1.165) is 5.56 Å². The van der Waals surface area contributed by atoms with E-state index in [2.05, 4.69) is 41.3 Å². The van der Waals surface area contributed by atoms with E-state index < -0.39 is 0 Å². The maximum absolute atomic E-state index is 13.2. The molecule has 3 aromatic carbocycles. The first kappa shape index (κ1) is 20.6. The summed E-state index contributed by atoms with van der Waals surface area (Å²) in [7, 11) is 0. The van der Waals surface area contributed by atoms with Crippen molar-refractivity contribution in [1.82, 2.24) is 4.90 Å². The fourth-order valence-corrected chi connectivity index (χ4v) is 3.48. The Morgan fingerprint density at radius 1 is 0.793 bits per heavy atom. The smallest absolute Gasteiger partial charge is 0.174 e. The monoisotopic (exact) mass is 384 g/mol. The first-order chi connectivity index (χ1) is 14.1. The molecule has 0 radical (unpaired) electrons. The standard InChI is InChI=1S/C26H28N2O/c1-21(27)17-26(29)25(18-22-11-5-2-6-12-22)28(19-23-13-7-3-8-14-23)20-24-15-9-4-10-16-24/h2-17,25H,18-20,27H2,1H3/b21-17+. The molecule has 1 unspecified atom stereocenters. The van der Waals surface area contributed by atoms with Gasteiger partial charge in [-0.2, -0.15) is 0 Å². The van der Waals surface area contributed by atoms with Gasteiger partial charge in [0.2, 0.25) is 0 Å². The highest BCUT2D eigenvalue weighted by Gasteiger charge is 2.25. The minimum Gasteiger partial charge on any atom is -0.402 e. The molecule has 3 rings (SSSR count). The van der Waals surface area contributed by atoms with Crippen LogP contribution in [0.25, 0.3) is 0 Å². The molecule has 0 aliphatic heterocycles. The average molecular weight is 385 g/mol. The molecule has 0 spiro atoms. The third-order valence-corrected chi connectivity index (χ3v) is 4.87. The zero-order valence-corrected chi connectivity index (χ0v) is 16.9. The summed E-state index contributed by atoms with van der Waals surface area (Å²) < 4.78 is 0. The second-order valence-electron chi connectivity index (χ2n) is 7.37. The fourth-order valence-electron chi connectivity index (χ4n) is 3.48. The second-order valence-corrected chi connectivity index (χ2v) is 7.37. The van der Waals surface area contributed by atoms with Gasteiger partial charge >= 0.3 is 0 Å². The summed E-state index contributed by atoms with van der Waals surface area (Å²) in [5, 5.41) is 0. The number of nitrogens with two attached hydrogens (primary N) is 1. The molecular weight excluding hydrogens is 356 g/mol. The van der Waals surface area contributed by atoms with E-state index in [1.54, 1.807) is 13.0 Å². The van der Waals surface area contributed by atoms with Crippen molar-refractivity contribution < 1.29 is 4.79 Å². The van der Waals surface area contributed by atoms with Crippen LogP contribution in [-0.4, -0.2) is 16.7 Å². The van der Waals surface area contributed by atoms with E-state index >= 15 is 0 Å². The van der Waals surface area contributed by atoms with E-state index in [9.17, 15) is 4.79 Å². The summed E-state index contributed by atoms with van der Waals surface area (Å²) in [6.07, 6.45) is 2.21. The number of benzene rings is 3. The summed E-state index contributed by atoms with van der Waals surface area (Å²) in [5.41, 5.74) is 9.89. The summed E-state index contributed by atoms with van der Waals surface area (Å²) in [6, 6.07) is 30.5. The molecule has 0 bridgehead atoms. The van der Waals surface area contributed by atoms with Crippen molar-refractivity contribution in [2.45, 2.75) is 32.5 Å². The molecule has 3 heteroatoms. The molecule has 0 aliphatic carbocycles. The number of rotatable bonds is 9. The van der Waals surface area contributed by atoms with Gasteiger partial charge in [0.25, 0.3) is 0 Å². The van der Waals surface area contributed by atoms with Gasteiger partial charge in [0.1, 0.15) is 0 Å². The van der Waals surface area contributed by atoms with Crippen LogP contribution >= 0.6 is 0 Å². The van der Waals surface area contributed by atoms with Crippen LogP contribution in [0, 0.1) is 0 Å². The summed E-state index contributed by atoms with van der Waals surface area (Å²) in [5.74, 6) is 0.0423. The first-order valence-corrected chi connectivity index (χ1v) is 9.95. The van der Waals surface area contributed by atoms with Gasteiger partial charge in [0, 0.05) is 24.9 Å². The molecule has 3 nitrogen and oxygen atoms in total. The minimum atomic E-state index is -0.295. The SMILES string of the molecule is C/C(N)=C\C(=O)C(Cc1ccccc1)N(Cc1ccccc1)Cc1ccccc1. The lowest BCUT2D eigenvalue weighted by Crippen LogP contribution is -2.41. The predicted molar refractivity (Wildman–Crippen MR) is 119 cm³/mol. The van der Waals surface area contributed by atoms with Crippen LogP contribution in [0.1, 0.15) is 23.6 Å². The Kier molecular flexibility index (Phi) is 7.37. The van der Waals surface area contributed by atoms with Gasteiger partial charge in [-0.25, -0.2) is 0 Å². The van der Waals surface area contributed by atoms with Crippen molar-refractivity contribution in [3.05, 3.63) is 119 Å². The molecule has 0 fully saturated rings. The van der Waals surface area contributed by atoms with Gasteiger partial charge in [0.15, 0.2) is 5.78 Å². The van der Waals surface area contributed by atoms with Crippen molar-refractivity contribution >= 4 is 5.78 Å². The molecule has 2 N–H and O–H groups in total. The van der Waals surface area contributed by atoms with Crippen molar-refractivity contribution in [3.63, 3.8) is 0 Å². The van der Waals surface area contributed by atoms with E-state index in [1.807, 2.05) is 54.6 Å². The maximum atomic E-state index is 13.2. The van der Waals surface area contributed by atoms with Crippen molar-refractivity contribution in [3.8, 4) is 0 Å². The highest BCUT2D eigenvalue weighted by Crippen LogP contribution is 2.18. The van der Waals surface area contributed by atoms with Crippen LogP contribution in [0.4, 0.5) is 0 Å². The van der Waals surface area contributed by atoms with Crippen LogP contribution < -0.4 is 5.73 Å². The highest BCUT2D eigenvalue weighted by molar-refractivity contribution is 5.95. The molecule has 3 aromatic rings. The summed E-state index contributed by atoms with van der Waals surface area (Å²) in [4.78, 5) is 15.4. The van der Waals surface area contributed by atoms with Gasteiger partial charge in [0.05, 0.1) is 6.04 Å². The lowest BCUT2D eigenvalue weighted by molar-refractivity contribution is -0.120. The van der Waals surface area contributed by atoms with Gasteiger partial charge in [-0.05, 0) is 30.0 Å². The molecular formula is C26H28N2O. The van der Waals surface area contributed by atoms with Crippen LogP contribution in [-0.2, 0) is 24.3 Å². The Morgan fingerprint density at radius 3 is 1.62 bits per heavy atom. The molecule has 29 heavy (non-hydrogen) atoms. The van der Waals surface area contributed by atoms with Crippen molar-refractivity contribution in [2.75, 3.05) is 0 Å². The lowest BCUT2D eigenvalue weighted by Gasteiger charge is -2.31. The second kappa shape index (κ2) is 10.4. The quantitative estimate of drug-likeness (QED) is 0.543. The number of allylic oxidation sites excluding steroid dienone is 1. The Hall–Kier alpha value is -3.17. The topological polar surface area (TPSA) is 46.3 Å². The zero-order valence-electron chi connectivity index (χ0n) is 16.9. The molecule has 1 atom stereocenters. The Morgan fingerprint density at radius 2 is 1.21 bits per heavy atom. The molecule has 0 saturated heterocycles. The highest BCUT2D eigenvalue weighted by atomic mass is 16.1. The van der Waals surface area contributed by atoms with Gasteiger partial charge < -0.3 is 5.73 Å². The van der Waals surface area contributed by atoms with E-state index in [1.165, 1.54) is 11.1 Å². The van der Waals surface area contributed by atoms with E-state index in [0.29, 0.717) is 25.2 Å². The van der Waals surface area contributed by atoms with Crippen LogP contribution in [0.2, 0.25) is 0 Å². The number of carbonyl (C=O) groups excluding carboxylic acids is 1. The predicted octanol–water partition coefficient (Wildman–Crippen LogP) is 4.73. The van der Waals surface area contributed by atoms with Crippen molar-refractivity contribution in [1.29, 1.82) is 0 Å². The third-order valence-electron chi connectivity index (χ3n) is 4.87. The zero-order chi connectivity index (χ0) is 20.5.